The fraction of sp³-hybridized carbons (Fsp3) is 0.450. The molecule has 1 aromatic heterocycles. The van der Waals surface area contributed by atoms with Gasteiger partial charge in [-0.15, -0.1) is 0 Å². The van der Waals surface area contributed by atoms with E-state index < -0.39 is 0 Å². The molecule has 1 aliphatic carbocycles. The topological polar surface area (TPSA) is 66.9 Å². The number of rotatable bonds is 7. The molecule has 1 heterocycles. The second-order valence-electron chi connectivity index (χ2n) is 6.59. The molecular weight excluding hydrogens is 312 g/mol. The van der Waals surface area contributed by atoms with E-state index in [-0.39, 0.29) is 5.91 Å². The number of benzene rings is 1. The minimum atomic E-state index is -0.137. The quantitative estimate of drug-likeness (QED) is 0.757. The largest absolute Gasteiger partial charge is 0.351 e. The Hall–Kier alpha value is -2.43. The monoisotopic (exact) mass is 338 g/mol. The third-order valence-corrected chi connectivity index (χ3v) is 4.60. The van der Waals surface area contributed by atoms with E-state index in [0.29, 0.717) is 24.2 Å². The van der Waals surface area contributed by atoms with Crippen LogP contribution in [0.3, 0.4) is 0 Å². The third kappa shape index (κ3) is 5.55. The van der Waals surface area contributed by atoms with Gasteiger partial charge in [-0.05, 0) is 37.3 Å². The van der Waals surface area contributed by atoms with Crippen molar-refractivity contribution in [1.29, 1.82) is 0 Å². The van der Waals surface area contributed by atoms with Crippen molar-refractivity contribution in [2.75, 3.05) is 11.9 Å². The first-order chi connectivity index (χ1) is 12.3. The maximum Gasteiger partial charge on any atom is 0.270 e. The summed E-state index contributed by atoms with van der Waals surface area (Å²) in [6.07, 6.45) is 9.63. The van der Waals surface area contributed by atoms with Gasteiger partial charge in [-0.3, -0.25) is 4.79 Å². The molecule has 0 atom stereocenters. The first-order valence-electron chi connectivity index (χ1n) is 9.23. The summed E-state index contributed by atoms with van der Waals surface area (Å²) in [7, 11) is 0. The molecule has 5 nitrogen and oxygen atoms in total. The fourth-order valence-corrected chi connectivity index (χ4v) is 3.21. The molecule has 25 heavy (non-hydrogen) atoms. The lowest BCUT2D eigenvalue weighted by Crippen LogP contribution is -2.27. The third-order valence-electron chi connectivity index (χ3n) is 4.60. The number of nitrogens with one attached hydrogen (secondary N) is 2. The first kappa shape index (κ1) is 17.4. The highest BCUT2D eigenvalue weighted by Gasteiger charge is 2.15. The van der Waals surface area contributed by atoms with E-state index >= 15 is 0 Å². The first-order valence-corrected chi connectivity index (χ1v) is 9.23. The number of aromatic nitrogens is 2. The molecule has 0 spiro atoms. The number of carbonyl (C=O) groups excluding carboxylic acids is 1. The Morgan fingerprint density at radius 3 is 2.68 bits per heavy atom. The summed E-state index contributed by atoms with van der Waals surface area (Å²) >= 11 is 0. The van der Waals surface area contributed by atoms with Gasteiger partial charge in [0.1, 0.15) is 5.69 Å². The predicted molar refractivity (Wildman–Crippen MR) is 99.6 cm³/mol. The Labute approximate surface area is 149 Å². The maximum absolute atomic E-state index is 12.3. The summed E-state index contributed by atoms with van der Waals surface area (Å²) in [5.41, 5.74) is 1.71. The van der Waals surface area contributed by atoms with Gasteiger partial charge >= 0.3 is 0 Å². The average molecular weight is 338 g/mol. The van der Waals surface area contributed by atoms with Crippen LogP contribution in [-0.4, -0.2) is 28.5 Å². The van der Waals surface area contributed by atoms with Crippen molar-refractivity contribution in [3.8, 4) is 0 Å². The Morgan fingerprint density at radius 2 is 1.88 bits per heavy atom. The number of anilines is 1. The molecular formula is C20H26N4O. The lowest BCUT2D eigenvalue weighted by molar-refractivity contribution is 0.0948. The molecule has 2 aromatic rings. The molecule has 0 bridgehead atoms. The van der Waals surface area contributed by atoms with E-state index in [2.05, 4.69) is 32.7 Å². The summed E-state index contributed by atoms with van der Waals surface area (Å²) < 4.78 is 0. The molecule has 0 radical (unpaired) electrons. The summed E-state index contributed by atoms with van der Waals surface area (Å²) in [5, 5.41) is 6.31. The average Bonchev–Trinajstić information content (AvgIpc) is 2.67. The SMILES string of the molecule is O=C(NCCCc1ccccc1)c1ccnc(NC2CCCCC2)n1. The van der Waals surface area contributed by atoms with Crippen molar-refractivity contribution in [2.24, 2.45) is 0 Å². The van der Waals surface area contributed by atoms with Crippen molar-refractivity contribution in [1.82, 2.24) is 15.3 Å². The molecule has 1 amide bonds. The summed E-state index contributed by atoms with van der Waals surface area (Å²) in [6.45, 7) is 0.642. The van der Waals surface area contributed by atoms with E-state index in [1.165, 1.54) is 24.8 Å². The van der Waals surface area contributed by atoms with Crippen LogP contribution in [0.1, 0.15) is 54.6 Å². The predicted octanol–water partition coefficient (Wildman–Crippen LogP) is 3.58. The molecule has 0 unspecified atom stereocenters. The summed E-state index contributed by atoms with van der Waals surface area (Å²) in [4.78, 5) is 20.9. The Kier molecular flexibility index (Phi) is 6.37. The number of aryl methyl sites for hydroxylation is 1. The lowest BCUT2D eigenvalue weighted by atomic mass is 9.96. The van der Waals surface area contributed by atoms with Crippen LogP contribution in [-0.2, 0) is 6.42 Å². The van der Waals surface area contributed by atoms with Crippen LogP contribution >= 0.6 is 0 Å². The summed E-state index contributed by atoms with van der Waals surface area (Å²) in [6, 6.07) is 12.4. The van der Waals surface area contributed by atoms with Crippen molar-refractivity contribution in [3.63, 3.8) is 0 Å². The van der Waals surface area contributed by atoms with E-state index in [0.717, 1.165) is 25.7 Å². The number of hydrogen-bond acceptors (Lipinski definition) is 4. The zero-order valence-electron chi connectivity index (χ0n) is 14.6. The van der Waals surface area contributed by atoms with Gasteiger partial charge in [0, 0.05) is 18.8 Å². The molecule has 1 aromatic carbocycles. The second kappa shape index (κ2) is 9.16. The van der Waals surface area contributed by atoms with Crippen molar-refractivity contribution >= 4 is 11.9 Å². The Balaban J connectivity index is 1.45. The van der Waals surface area contributed by atoms with E-state index in [1.54, 1.807) is 12.3 Å². The minimum absolute atomic E-state index is 0.137. The Bertz CT molecular complexity index is 668. The molecule has 132 valence electrons. The van der Waals surface area contributed by atoms with Crippen molar-refractivity contribution < 1.29 is 4.79 Å². The van der Waals surface area contributed by atoms with E-state index in [1.807, 2.05) is 18.2 Å². The van der Waals surface area contributed by atoms with Gasteiger partial charge in [0.2, 0.25) is 5.95 Å². The van der Waals surface area contributed by atoms with Gasteiger partial charge in [0.25, 0.3) is 5.91 Å². The molecule has 0 saturated heterocycles. The minimum Gasteiger partial charge on any atom is -0.351 e. The molecule has 5 heteroatoms. The summed E-state index contributed by atoms with van der Waals surface area (Å²) in [5.74, 6) is 0.422. The second-order valence-corrected chi connectivity index (χ2v) is 6.59. The van der Waals surface area contributed by atoms with Gasteiger partial charge in [-0.25, -0.2) is 9.97 Å². The van der Waals surface area contributed by atoms with Crippen LogP contribution in [0.5, 0.6) is 0 Å². The highest BCUT2D eigenvalue weighted by molar-refractivity contribution is 5.92. The number of carbonyl (C=O) groups is 1. The van der Waals surface area contributed by atoms with Gasteiger partial charge < -0.3 is 10.6 Å². The van der Waals surface area contributed by atoms with Crippen molar-refractivity contribution in [3.05, 3.63) is 53.9 Å². The lowest BCUT2D eigenvalue weighted by Gasteiger charge is -2.22. The van der Waals surface area contributed by atoms with Gasteiger partial charge in [0.05, 0.1) is 0 Å². The molecule has 1 saturated carbocycles. The van der Waals surface area contributed by atoms with Gasteiger partial charge in [-0.1, -0.05) is 49.6 Å². The molecule has 2 N–H and O–H groups in total. The van der Waals surface area contributed by atoms with Crippen molar-refractivity contribution in [2.45, 2.75) is 51.0 Å². The van der Waals surface area contributed by atoms with Crippen LogP contribution in [0.2, 0.25) is 0 Å². The molecule has 1 aliphatic rings. The van der Waals surface area contributed by atoms with Gasteiger partial charge in [0.15, 0.2) is 0 Å². The number of hydrogen-bond donors (Lipinski definition) is 2. The number of amides is 1. The van der Waals surface area contributed by atoms with Crippen LogP contribution < -0.4 is 10.6 Å². The van der Waals surface area contributed by atoms with Crippen LogP contribution in [0.15, 0.2) is 42.6 Å². The fourth-order valence-electron chi connectivity index (χ4n) is 3.21. The molecule has 0 aliphatic heterocycles. The van der Waals surface area contributed by atoms with Crippen LogP contribution in [0, 0.1) is 0 Å². The maximum atomic E-state index is 12.3. The molecule has 1 fully saturated rings. The highest BCUT2D eigenvalue weighted by Crippen LogP contribution is 2.20. The van der Waals surface area contributed by atoms with Crippen LogP contribution in [0.25, 0.3) is 0 Å². The van der Waals surface area contributed by atoms with Gasteiger partial charge in [-0.2, -0.15) is 0 Å². The standard InChI is InChI=1S/C20H26N4O/c25-19(21-14-7-10-16-8-3-1-4-9-16)18-13-15-22-20(24-18)23-17-11-5-2-6-12-17/h1,3-4,8-9,13,15,17H,2,5-7,10-12,14H2,(H,21,25)(H,22,23,24). The van der Waals surface area contributed by atoms with Crippen LogP contribution in [0.4, 0.5) is 5.95 Å². The molecule has 3 rings (SSSR count). The zero-order valence-corrected chi connectivity index (χ0v) is 14.6. The Morgan fingerprint density at radius 1 is 1.08 bits per heavy atom. The van der Waals surface area contributed by atoms with E-state index in [9.17, 15) is 4.79 Å². The highest BCUT2D eigenvalue weighted by atomic mass is 16.1. The zero-order chi connectivity index (χ0) is 17.3. The normalized spacial score (nSPS) is 14.9. The smallest absolute Gasteiger partial charge is 0.270 e. The van der Waals surface area contributed by atoms with E-state index in [4.69, 9.17) is 0 Å². The number of nitrogens with zero attached hydrogens (tertiary/aromatic N) is 2.